The maximum Gasteiger partial charge on any atom is 0.430 e. The second-order valence-electron chi connectivity index (χ2n) is 9.87. The highest BCUT2D eigenvalue weighted by Gasteiger charge is 2.54. The first-order valence-electron chi connectivity index (χ1n) is 12.7. The Bertz CT molecular complexity index is 1720. The van der Waals surface area contributed by atoms with Crippen molar-refractivity contribution >= 4 is 87.1 Å². The Morgan fingerprint density at radius 3 is 2.38 bits per heavy atom. The van der Waals surface area contributed by atoms with Crippen LogP contribution in [0.3, 0.4) is 0 Å². The maximum absolute atomic E-state index is 13.2. The van der Waals surface area contributed by atoms with Gasteiger partial charge in [0, 0.05) is 16.9 Å². The molecular weight excluding hydrogens is 714 g/mol. The van der Waals surface area contributed by atoms with E-state index < -0.39 is 58.6 Å². The van der Waals surface area contributed by atoms with E-state index in [1.54, 1.807) is 0 Å². The number of hydrogen-bond donors (Lipinski definition) is 7. The average Bonchev–Trinajstić information content (AvgIpc) is 3.41. The number of nitrogens with two attached hydrogens (primary N) is 4. The lowest BCUT2D eigenvalue weighted by molar-refractivity contribution is -0.667. The number of nitrogen functional groups attached to an aromatic ring is 4. The summed E-state index contributed by atoms with van der Waals surface area (Å²) < 4.78 is 32.7. The molecular formula is C23H25F3N10O9S3. The molecule has 0 spiro atoms. The van der Waals surface area contributed by atoms with Crippen LogP contribution in [0.1, 0.15) is 19.5 Å². The number of aliphatic carboxylic acids is 3. The van der Waals surface area contributed by atoms with Crippen LogP contribution in [0.2, 0.25) is 0 Å². The number of thioether (sulfide) groups is 2. The smallest absolute Gasteiger partial charge is 0.430 e. The molecule has 2 unspecified atom stereocenters. The molecule has 4 heterocycles. The summed E-state index contributed by atoms with van der Waals surface area (Å²) in [4.78, 5) is 73.0. The zero-order valence-corrected chi connectivity index (χ0v) is 26.8. The second kappa shape index (κ2) is 14.4. The number of oxime groups is 1. The Kier molecular flexibility index (Phi) is 11.2. The molecule has 2 aliphatic rings. The predicted octanol–water partition coefficient (Wildman–Crippen LogP) is -2.30. The lowest BCUT2D eigenvalue weighted by Crippen LogP contribution is -2.71. The monoisotopic (exact) mass is 738 g/mol. The molecule has 0 saturated carbocycles. The molecule has 2 aromatic heterocycles. The van der Waals surface area contributed by atoms with Crippen molar-refractivity contribution in [1.29, 1.82) is 0 Å². The number of fused-ring (bicyclic) bond motifs is 1. The van der Waals surface area contributed by atoms with Gasteiger partial charge < -0.3 is 47.5 Å². The molecule has 0 aliphatic carbocycles. The van der Waals surface area contributed by atoms with Crippen molar-refractivity contribution < 1.29 is 62.0 Å². The summed E-state index contributed by atoms with van der Waals surface area (Å²) >= 11 is 3.34. The third kappa shape index (κ3) is 8.45. The number of hydrogen-bond acceptors (Lipinski definition) is 17. The Morgan fingerprint density at radius 2 is 1.85 bits per heavy atom. The highest BCUT2D eigenvalue weighted by molar-refractivity contribution is 8.01. The quantitative estimate of drug-likeness (QED) is 0.0256. The number of nitrogens with zero attached hydrogens (tertiary/aromatic N) is 5. The number of thiazole rings is 1. The molecule has 48 heavy (non-hydrogen) atoms. The van der Waals surface area contributed by atoms with Crippen LogP contribution in [-0.4, -0.2) is 95.2 Å². The zero-order valence-electron chi connectivity index (χ0n) is 24.4. The standard InChI is InChI=1S/C21H24N10O7S3.C2HF3O2/c1-21(2,18(36)37)38-29-11(8-6-40-19(24)26-8)14(32)28-12-15(33)30-13(17(34)35)7(4-39-16(12)30)5-41-20-27-9(22)3-10(23)31(20)25;3-2(4,5)1(6)7/h3,6,12,16H,4-5,25H2,1-2H3,(H8,22,23,24,26,28,32,34,35,36,37);(H,6,7)/b29-11-;. The first-order valence-corrected chi connectivity index (χ1v) is 15.6. The Balaban J connectivity index is 0.000000804. The Labute approximate surface area is 279 Å². The summed E-state index contributed by atoms with van der Waals surface area (Å²) in [5.74, 6) is -0.710. The number of carboxylic acid groups (broad SMARTS) is 3. The largest absolute Gasteiger partial charge is 0.542 e. The first-order chi connectivity index (χ1) is 22.1. The van der Waals surface area contributed by atoms with Crippen LogP contribution in [-0.2, 0) is 28.8 Å². The van der Waals surface area contributed by atoms with Gasteiger partial charge in [-0.1, -0.05) is 10.1 Å². The summed E-state index contributed by atoms with van der Waals surface area (Å²) in [6.07, 6.45) is -5.19. The molecule has 0 radical (unpaired) electrons. The van der Waals surface area contributed by atoms with Gasteiger partial charge in [0.15, 0.2) is 10.8 Å². The number of alkyl halides is 3. The van der Waals surface area contributed by atoms with Crippen molar-refractivity contribution in [2.24, 2.45) is 5.16 Å². The van der Waals surface area contributed by atoms with Crippen LogP contribution in [0, 0.1) is 0 Å². The van der Waals surface area contributed by atoms with Crippen molar-refractivity contribution in [3.8, 4) is 0 Å². The highest BCUT2D eigenvalue weighted by Crippen LogP contribution is 2.41. The van der Waals surface area contributed by atoms with E-state index in [0.29, 0.717) is 5.57 Å². The molecule has 2 amide bonds. The number of aromatic nitrogens is 3. The second-order valence-corrected chi connectivity index (χ2v) is 12.8. The van der Waals surface area contributed by atoms with Crippen molar-refractivity contribution in [2.45, 2.75) is 42.2 Å². The van der Waals surface area contributed by atoms with Gasteiger partial charge in [-0.05, 0) is 31.2 Å². The number of β-lactam (4-membered cyclic amide) rings is 1. The number of halogens is 3. The van der Waals surface area contributed by atoms with Crippen LogP contribution in [0.4, 0.5) is 29.9 Å². The highest BCUT2D eigenvalue weighted by atomic mass is 32.2. The molecule has 2 atom stereocenters. The van der Waals surface area contributed by atoms with Crippen molar-refractivity contribution in [2.75, 3.05) is 34.5 Å². The normalized spacial score (nSPS) is 17.8. The topological polar surface area (TPSA) is 319 Å². The molecule has 25 heteroatoms. The summed E-state index contributed by atoms with van der Waals surface area (Å²) in [7, 11) is 0. The SMILES string of the molecule is CC(C)(O/N=C(\C(=O)NC1C(=O)N2C(C(=O)O)=C(CSc3nc(N)cc(N)[n+]3N)CSC12)c1csc(N)n1)C(=O)O.O=C([O-])C(F)(F)F. The summed E-state index contributed by atoms with van der Waals surface area (Å²) in [5.41, 5.74) is 15.2. The van der Waals surface area contributed by atoms with Gasteiger partial charge >= 0.3 is 23.3 Å². The van der Waals surface area contributed by atoms with E-state index in [0.717, 1.165) is 32.7 Å². The molecule has 4 rings (SSSR count). The summed E-state index contributed by atoms with van der Waals surface area (Å²) in [5, 5.41) is 35.3. The van der Waals surface area contributed by atoms with Crippen molar-refractivity contribution in [3.63, 3.8) is 0 Å². The molecule has 19 nitrogen and oxygen atoms in total. The molecule has 2 aromatic rings. The molecule has 11 N–H and O–H groups in total. The van der Waals surface area contributed by atoms with Crippen molar-refractivity contribution in [1.82, 2.24) is 20.2 Å². The van der Waals surface area contributed by atoms with Gasteiger partial charge in [0.2, 0.25) is 17.2 Å². The number of amides is 2. The minimum Gasteiger partial charge on any atom is -0.542 e. The fourth-order valence-corrected chi connectivity index (χ4v) is 6.56. The number of carbonyl (C=O) groups is 5. The molecule has 1 fully saturated rings. The van der Waals surface area contributed by atoms with E-state index in [1.165, 1.54) is 37.1 Å². The predicted molar refractivity (Wildman–Crippen MR) is 161 cm³/mol. The number of carbonyl (C=O) groups excluding carboxylic acids is 3. The average molecular weight is 739 g/mol. The number of carboxylic acids is 3. The lowest BCUT2D eigenvalue weighted by atomic mass is 10.0. The zero-order chi connectivity index (χ0) is 36.3. The van der Waals surface area contributed by atoms with Crippen LogP contribution in [0.25, 0.3) is 0 Å². The maximum atomic E-state index is 13.2. The van der Waals surface area contributed by atoms with Gasteiger partial charge in [-0.3, -0.25) is 20.3 Å². The van der Waals surface area contributed by atoms with Crippen LogP contribution < -0.4 is 38.1 Å². The summed E-state index contributed by atoms with van der Waals surface area (Å²) in [6, 6.07) is 0.269. The van der Waals surface area contributed by atoms with E-state index in [4.69, 9.17) is 37.8 Å². The first kappa shape index (κ1) is 37.4. The Hall–Kier alpha value is -5.04. The molecule has 260 valence electrons. The molecule has 1 saturated heterocycles. The van der Waals surface area contributed by atoms with Crippen LogP contribution in [0.15, 0.2) is 33.0 Å². The lowest BCUT2D eigenvalue weighted by Gasteiger charge is -2.49. The number of anilines is 3. The number of nitrogens with one attached hydrogen (secondary N) is 1. The van der Waals surface area contributed by atoms with Crippen LogP contribution in [0.5, 0.6) is 0 Å². The van der Waals surface area contributed by atoms with E-state index in [9.17, 15) is 42.6 Å². The molecule has 0 aromatic carbocycles. The molecule has 0 bridgehead atoms. The molecule has 2 aliphatic heterocycles. The van der Waals surface area contributed by atoms with Gasteiger partial charge in [-0.25, -0.2) is 14.6 Å². The minimum atomic E-state index is -5.19. The van der Waals surface area contributed by atoms with Gasteiger partial charge in [0.1, 0.15) is 28.8 Å². The van der Waals surface area contributed by atoms with E-state index in [2.05, 4.69) is 20.4 Å². The Morgan fingerprint density at radius 1 is 1.23 bits per heavy atom. The van der Waals surface area contributed by atoms with Gasteiger partial charge in [0.25, 0.3) is 11.8 Å². The van der Waals surface area contributed by atoms with E-state index in [-0.39, 0.29) is 44.8 Å². The van der Waals surface area contributed by atoms with E-state index in [1.807, 2.05) is 0 Å². The van der Waals surface area contributed by atoms with Gasteiger partial charge in [-0.2, -0.15) is 13.2 Å². The third-order valence-corrected chi connectivity index (χ3v) is 9.06. The third-order valence-electron chi connectivity index (χ3n) is 6.01. The van der Waals surface area contributed by atoms with Crippen molar-refractivity contribution in [3.05, 3.63) is 28.4 Å². The minimum absolute atomic E-state index is 0.00415. The van der Waals surface area contributed by atoms with Gasteiger partial charge in [0.05, 0.1) is 6.07 Å². The van der Waals surface area contributed by atoms with E-state index >= 15 is 0 Å². The van der Waals surface area contributed by atoms with Crippen LogP contribution >= 0.6 is 34.9 Å². The fourth-order valence-electron chi connectivity index (χ4n) is 3.59. The summed E-state index contributed by atoms with van der Waals surface area (Å²) in [6.45, 7) is 2.46. The van der Waals surface area contributed by atoms with Gasteiger partial charge in [-0.15, -0.1) is 27.8 Å². The fraction of sp³-hybridized carbons (Fsp3) is 0.348. The number of rotatable bonds is 10.